The molecule has 0 saturated carbocycles. The first-order valence-corrected chi connectivity index (χ1v) is 6.45. The van der Waals surface area contributed by atoms with Gasteiger partial charge < -0.3 is 9.84 Å². The van der Waals surface area contributed by atoms with Gasteiger partial charge in [0.25, 0.3) is 0 Å². The van der Waals surface area contributed by atoms with Crippen LogP contribution in [0.5, 0.6) is 5.75 Å². The predicted octanol–water partition coefficient (Wildman–Crippen LogP) is 2.42. The minimum absolute atomic E-state index is 0.174. The Balaban J connectivity index is 2.92. The number of aliphatic hydroxyl groups excluding tert-OH is 1. The third-order valence-electron chi connectivity index (χ3n) is 2.82. The van der Waals surface area contributed by atoms with Gasteiger partial charge in [0.05, 0.1) is 19.2 Å². The molecule has 1 rings (SSSR count). The number of alkyl halides is 3. The van der Waals surface area contributed by atoms with Crippen molar-refractivity contribution >= 4 is 0 Å². The van der Waals surface area contributed by atoms with Crippen LogP contribution in [0.25, 0.3) is 0 Å². The number of nitrogens with zero attached hydrogens (tertiary/aromatic N) is 1. The van der Waals surface area contributed by atoms with Gasteiger partial charge in [-0.1, -0.05) is 24.8 Å². The minimum Gasteiger partial charge on any atom is -0.495 e. The first kappa shape index (κ1) is 17.3. The lowest BCUT2D eigenvalue weighted by Crippen LogP contribution is -2.33. The van der Waals surface area contributed by atoms with Crippen LogP contribution in [0, 0.1) is 11.8 Å². The third kappa shape index (κ3) is 6.06. The van der Waals surface area contributed by atoms with Crippen LogP contribution < -0.4 is 4.74 Å². The van der Waals surface area contributed by atoms with Crippen molar-refractivity contribution in [2.45, 2.75) is 19.6 Å². The zero-order valence-electron chi connectivity index (χ0n) is 12.0. The average molecular weight is 301 g/mol. The zero-order valence-corrected chi connectivity index (χ0v) is 12.0. The van der Waals surface area contributed by atoms with Gasteiger partial charge in [-0.2, -0.15) is 13.2 Å². The van der Waals surface area contributed by atoms with E-state index in [9.17, 15) is 13.2 Å². The van der Waals surface area contributed by atoms with E-state index in [-0.39, 0.29) is 13.2 Å². The third-order valence-corrected chi connectivity index (χ3v) is 2.82. The normalized spacial score (nSPS) is 11.2. The molecule has 0 saturated heterocycles. The van der Waals surface area contributed by atoms with E-state index in [1.54, 1.807) is 25.1 Å². The van der Waals surface area contributed by atoms with Crippen LogP contribution in [0.2, 0.25) is 0 Å². The molecule has 0 fully saturated rings. The Labute approximate surface area is 122 Å². The van der Waals surface area contributed by atoms with E-state index in [4.69, 9.17) is 9.84 Å². The maximum absolute atomic E-state index is 12.4. The summed E-state index contributed by atoms with van der Waals surface area (Å²) in [4.78, 5) is 1.30. The highest BCUT2D eigenvalue weighted by atomic mass is 19.4. The van der Waals surface area contributed by atoms with Gasteiger partial charge in [-0.05, 0) is 24.2 Å². The van der Waals surface area contributed by atoms with Crippen molar-refractivity contribution in [2.24, 2.45) is 0 Å². The van der Waals surface area contributed by atoms with E-state index in [1.165, 1.54) is 12.0 Å². The molecule has 0 atom stereocenters. The fourth-order valence-corrected chi connectivity index (χ4v) is 1.88. The number of ether oxygens (including phenoxy) is 1. The number of methoxy groups -OCH3 is 1. The highest BCUT2D eigenvalue weighted by Crippen LogP contribution is 2.22. The van der Waals surface area contributed by atoms with Gasteiger partial charge in [0.2, 0.25) is 0 Å². The van der Waals surface area contributed by atoms with Crippen molar-refractivity contribution in [2.75, 3.05) is 26.8 Å². The molecule has 0 aliphatic heterocycles. The summed E-state index contributed by atoms with van der Waals surface area (Å²) < 4.78 is 42.5. The molecule has 6 heteroatoms. The molecule has 116 valence electrons. The van der Waals surface area contributed by atoms with Crippen LogP contribution in [0.15, 0.2) is 18.2 Å². The molecule has 0 bridgehead atoms. The second-order valence-electron chi connectivity index (χ2n) is 4.41. The second kappa shape index (κ2) is 7.91. The van der Waals surface area contributed by atoms with E-state index in [0.717, 1.165) is 0 Å². The molecule has 1 aromatic carbocycles. The SMILES string of the molecule is CCN(Cc1ccc(OC)c(C#CCO)c1)CC(F)(F)F. The van der Waals surface area contributed by atoms with Crippen molar-refractivity contribution < 1.29 is 23.0 Å². The summed E-state index contributed by atoms with van der Waals surface area (Å²) in [5.74, 6) is 5.76. The Morgan fingerprint density at radius 2 is 2.05 bits per heavy atom. The second-order valence-corrected chi connectivity index (χ2v) is 4.41. The predicted molar refractivity (Wildman–Crippen MR) is 74.0 cm³/mol. The van der Waals surface area contributed by atoms with E-state index < -0.39 is 12.7 Å². The van der Waals surface area contributed by atoms with Gasteiger partial charge in [-0.3, -0.25) is 4.90 Å². The maximum Gasteiger partial charge on any atom is 0.401 e. The number of halogens is 3. The Bertz CT molecular complexity index is 518. The summed E-state index contributed by atoms with van der Waals surface area (Å²) in [5.41, 5.74) is 1.26. The summed E-state index contributed by atoms with van der Waals surface area (Å²) in [6, 6.07) is 5.06. The minimum atomic E-state index is -4.22. The topological polar surface area (TPSA) is 32.7 Å². The van der Waals surface area contributed by atoms with Crippen LogP contribution in [-0.4, -0.2) is 43.0 Å². The molecular formula is C15H18F3NO2. The van der Waals surface area contributed by atoms with Gasteiger partial charge in [-0.15, -0.1) is 0 Å². The Morgan fingerprint density at radius 3 is 2.57 bits per heavy atom. The molecule has 0 radical (unpaired) electrons. The molecule has 0 aromatic heterocycles. The molecule has 3 nitrogen and oxygen atoms in total. The lowest BCUT2D eigenvalue weighted by Gasteiger charge is -2.22. The Hall–Kier alpha value is -1.71. The molecule has 0 amide bonds. The molecule has 0 heterocycles. The Morgan fingerprint density at radius 1 is 1.33 bits per heavy atom. The van der Waals surface area contributed by atoms with Crippen LogP contribution in [0.1, 0.15) is 18.1 Å². The molecule has 21 heavy (non-hydrogen) atoms. The first-order chi connectivity index (χ1) is 9.89. The van der Waals surface area contributed by atoms with Crippen LogP contribution >= 0.6 is 0 Å². The molecule has 0 aliphatic rings. The summed E-state index contributed by atoms with van der Waals surface area (Å²) in [5, 5.41) is 8.72. The molecular weight excluding hydrogens is 283 g/mol. The van der Waals surface area contributed by atoms with E-state index >= 15 is 0 Å². The quantitative estimate of drug-likeness (QED) is 0.848. The molecule has 1 aromatic rings. The van der Waals surface area contributed by atoms with E-state index in [1.807, 2.05) is 0 Å². The lowest BCUT2D eigenvalue weighted by molar-refractivity contribution is -0.146. The zero-order chi connectivity index (χ0) is 15.9. The van der Waals surface area contributed by atoms with Crippen LogP contribution in [0.3, 0.4) is 0 Å². The van der Waals surface area contributed by atoms with Crippen molar-refractivity contribution in [3.05, 3.63) is 29.3 Å². The highest BCUT2D eigenvalue weighted by Gasteiger charge is 2.30. The number of hydrogen-bond acceptors (Lipinski definition) is 3. The largest absolute Gasteiger partial charge is 0.495 e. The lowest BCUT2D eigenvalue weighted by atomic mass is 10.1. The number of hydrogen-bond donors (Lipinski definition) is 1. The number of rotatable bonds is 5. The molecule has 0 aliphatic carbocycles. The summed E-state index contributed by atoms with van der Waals surface area (Å²) in [6.07, 6.45) is -4.22. The molecule has 1 N–H and O–H groups in total. The monoisotopic (exact) mass is 301 g/mol. The fourth-order valence-electron chi connectivity index (χ4n) is 1.88. The smallest absolute Gasteiger partial charge is 0.401 e. The van der Waals surface area contributed by atoms with Gasteiger partial charge in [0, 0.05) is 6.54 Å². The van der Waals surface area contributed by atoms with Gasteiger partial charge in [0.1, 0.15) is 12.4 Å². The summed E-state index contributed by atoms with van der Waals surface area (Å²) >= 11 is 0. The summed E-state index contributed by atoms with van der Waals surface area (Å²) in [6.45, 7) is 0.911. The van der Waals surface area contributed by atoms with Gasteiger partial charge >= 0.3 is 6.18 Å². The standard InChI is InChI=1S/C15H18F3NO2/c1-3-19(11-15(16,17)18)10-12-6-7-14(21-2)13(9-12)5-4-8-20/h6-7,9,20H,3,8,10-11H2,1-2H3. The fraction of sp³-hybridized carbons (Fsp3) is 0.467. The highest BCUT2D eigenvalue weighted by molar-refractivity contribution is 5.48. The molecule has 0 unspecified atom stereocenters. The average Bonchev–Trinajstić information content (AvgIpc) is 2.43. The van der Waals surface area contributed by atoms with Crippen molar-refractivity contribution in [3.63, 3.8) is 0 Å². The van der Waals surface area contributed by atoms with Crippen LogP contribution in [-0.2, 0) is 6.54 Å². The Kier molecular flexibility index (Phi) is 6.53. The van der Waals surface area contributed by atoms with Crippen molar-refractivity contribution in [1.29, 1.82) is 0 Å². The van der Waals surface area contributed by atoms with Crippen molar-refractivity contribution in [1.82, 2.24) is 4.90 Å². The first-order valence-electron chi connectivity index (χ1n) is 6.45. The van der Waals surface area contributed by atoms with Crippen molar-refractivity contribution in [3.8, 4) is 17.6 Å². The molecule has 0 spiro atoms. The van der Waals surface area contributed by atoms with E-state index in [2.05, 4.69) is 11.8 Å². The van der Waals surface area contributed by atoms with Gasteiger partial charge in [0.15, 0.2) is 0 Å². The van der Waals surface area contributed by atoms with Crippen LogP contribution in [0.4, 0.5) is 13.2 Å². The summed E-state index contributed by atoms with van der Waals surface area (Å²) in [7, 11) is 1.49. The van der Waals surface area contributed by atoms with E-state index in [0.29, 0.717) is 23.4 Å². The van der Waals surface area contributed by atoms with Gasteiger partial charge in [-0.25, -0.2) is 0 Å². The number of aliphatic hydroxyl groups is 1. The maximum atomic E-state index is 12.4. The number of benzene rings is 1.